The Labute approximate surface area is 122 Å². The van der Waals surface area contributed by atoms with E-state index < -0.39 is 0 Å². The van der Waals surface area contributed by atoms with Crippen LogP contribution in [-0.4, -0.2) is 24.2 Å². The molecular weight excluding hydrogens is 244 g/mol. The lowest BCUT2D eigenvalue weighted by atomic mass is 9.92. The fourth-order valence-electron chi connectivity index (χ4n) is 3.57. The molecule has 2 atom stereocenters. The first-order valence-electron chi connectivity index (χ1n) is 7.62. The summed E-state index contributed by atoms with van der Waals surface area (Å²) < 4.78 is 0. The minimum atomic E-state index is 0.428. The number of para-hydroxylation sites is 2. The third kappa shape index (κ3) is 1.94. The van der Waals surface area contributed by atoms with Crippen molar-refractivity contribution < 1.29 is 0 Å². The summed E-state index contributed by atoms with van der Waals surface area (Å²) in [6, 6.07) is 10.7. The normalized spacial score (nSPS) is 24.3. The summed E-state index contributed by atoms with van der Waals surface area (Å²) in [5.41, 5.74) is 2.72. The minimum Gasteiger partial charge on any atom is -0.359 e. The van der Waals surface area contributed by atoms with Crippen LogP contribution in [0.3, 0.4) is 0 Å². The van der Waals surface area contributed by atoms with Crippen molar-refractivity contribution in [2.45, 2.75) is 51.9 Å². The fraction of sp³-hybridized carbons (Fsp3) is 0.444. The number of hydrogen-bond donors (Lipinski definition) is 0. The van der Waals surface area contributed by atoms with Crippen molar-refractivity contribution in [3.05, 3.63) is 48.6 Å². The number of allylic oxidation sites excluding steroid dienone is 2. The van der Waals surface area contributed by atoms with Gasteiger partial charge in [0.15, 0.2) is 0 Å². The number of rotatable bonds is 2. The molecule has 0 radical (unpaired) electrons. The first-order chi connectivity index (χ1) is 9.61. The highest BCUT2D eigenvalue weighted by Crippen LogP contribution is 2.42. The molecular formula is C18H24N2. The molecule has 0 aromatic heterocycles. The molecule has 0 saturated carbocycles. The van der Waals surface area contributed by atoms with Crippen LogP contribution in [0, 0.1) is 0 Å². The van der Waals surface area contributed by atoms with Gasteiger partial charge in [-0.15, -0.1) is 0 Å². The molecule has 1 aromatic rings. The molecule has 2 nitrogen and oxygen atoms in total. The van der Waals surface area contributed by atoms with E-state index in [1.807, 2.05) is 0 Å². The van der Waals surface area contributed by atoms with Crippen LogP contribution in [0.25, 0.3) is 0 Å². The average molecular weight is 268 g/mol. The van der Waals surface area contributed by atoms with E-state index in [1.54, 1.807) is 0 Å². The van der Waals surface area contributed by atoms with Crippen LogP contribution < -0.4 is 9.80 Å². The Kier molecular flexibility index (Phi) is 3.33. The molecule has 2 heteroatoms. The standard InChI is InChI=1S/C18H24N2/c1-13(2)19-15-9-5-7-11-17(15)20(14(3)4)18-12-8-6-10-16(18)19/h5-15,17H,1-4H3. The quantitative estimate of drug-likeness (QED) is 0.800. The van der Waals surface area contributed by atoms with Crippen molar-refractivity contribution in [1.82, 2.24) is 0 Å². The molecule has 106 valence electrons. The van der Waals surface area contributed by atoms with Gasteiger partial charge in [0.1, 0.15) is 0 Å². The first-order valence-corrected chi connectivity index (χ1v) is 7.62. The Bertz CT molecular complexity index is 493. The molecule has 0 N–H and O–H groups in total. The van der Waals surface area contributed by atoms with Crippen molar-refractivity contribution >= 4 is 11.4 Å². The number of fused-ring (bicyclic) bond motifs is 2. The largest absolute Gasteiger partial charge is 0.359 e. The van der Waals surface area contributed by atoms with Gasteiger partial charge >= 0.3 is 0 Å². The van der Waals surface area contributed by atoms with Crippen LogP contribution in [0.1, 0.15) is 27.7 Å². The highest BCUT2D eigenvalue weighted by Gasteiger charge is 2.39. The summed E-state index contributed by atoms with van der Waals surface area (Å²) in [6.45, 7) is 9.13. The van der Waals surface area contributed by atoms with Gasteiger partial charge in [0.2, 0.25) is 0 Å². The maximum Gasteiger partial charge on any atom is 0.0719 e. The van der Waals surface area contributed by atoms with Crippen LogP contribution in [0.4, 0.5) is 11.4 Å². The lowest BCUT2D eigenvalue weighted by molar-refractivity contribution is 0.489. The summed E-state index contributed by atoms with van der Waals surface area (Å²) in [5, 5.41) is 0. The van der Waals surface area contributed by atoms with E-state index in [4.69, 9.17) is 0 Å². The molecule has 1 aliphatic carbocycles. The number of hydrogen-bond acceptors (Lipinski definition) is 2. The Morgan fingerprint density at radius 3 is 1.50 bits per heavy atom. The summed E-state index contributed by atoms with van der Waals surface area (Å²) in [6.07, 6.45) is 9.05. The highest BCUT2D eigenvalue weighted by molar-refractivity contribution is 5.77. The molecule has 1 aliphatic heterocycles. The Morgan fingerprint density at radius 2 is 1.15 bits per heavy atom. The third-order valence-electron chi connectivity index (χ3n) is 4.27. The summed E-state index contributed by atoms with van der Waals surface area (Å²) >= 11 is 0. The zero-order valence-electron chi connectivity index (χ0n) is 12.8. The predicted molar refractivity (Wildman–Crippen MR) is 87.5 cm³/mol. The topological polar surface area (TPSA) is 6.48 Å². The van der Waals surface area contributed by atoms with Gasteiger partial charge in [-0.1, -0.05) is 36.4 Å². The fourth-order valence-corrected chi connectivity index (χ4v) is 3.57. The SMILES string of the molecule is CC(C)N1c2ccccc2N(C(C)C)C2C=CC=CC21. The minimum absolute atomic E-state index is 0.428. The molecule has 0 spiro atoms. The molecule has 2 unspecified atom stereocenters. The monoisotopic (exact) mass is 268 g/mol. The van der Waals surface area contributed by atoms with Gasteiger partial charge in [-0.2, -0.15) is 0 Å². The second kappa shape index (κ2) is 5.01. The number of anilines is 2. The van der Waals surface area contributed by atoms with E-state index in [-0.39, 0.29) is 0 Å². The Hall–Kier alpha value is -1.70. The smallest absolute Gasteiger partial charge is 0.0719 e. The summed E-state index contributed by atoms with van der Waals surface area (Å²) in [5.74, 6) is 0. The van der Waals surface area contributed by atoms with E-state index >= 15 is 0 Å². The Balaban J connectivity index is 2.18. The lowest BCUT2D eigenvalue weighted by Gasteiger charge is -2.52. The van der Waals surface area contributed by atoms with Crippen LogP contribution >= 0.6 is 0 Å². The van der Waals surface area contributed by atoms with Gasteiger partial charge in [-0.3, -0.25) is 0 Å². The van der Waals surface area contributed by atoms with Crippen LogP contribution in [0.15, 0.2) is 48.6 Å². The highest BCUT2D eigenvalue weighted by atomic mass is 15.3. The number of nitrogens with zero attached hydrogens (tertiary/aromatic N) is 2. The van der Waals surface area contributed by atoms with E-state index in [2.05, 4.69) is 86.1 Å². The van der Waals surface area contributed by atoms with Crippen molar-refractivity contribution in [2.75, 3.05) is 9.80 Å². The summed E-state index contributed by atoms with van der Waals surface area (Å²) in [4.78, 5) is 5.11. The van der Waals surface area contributed by atoms with E-state index in [9.17, 15) is 0 Å². The number of benzene rings is 1. The van der Waals surface area contributed by atoms with Gasteiger partial charge in [0, 0.05) is 12.1 Å². The van der Waals surface area contributed by atoms with Crippen molar-refractivity contribution in [2.24, 2.45) is 0 Å². The third-order valence-corrected chi connectivity index (χ3v) is 4.27. The molecule has 3 rings (SSSR count). The molecule has 1 heterocycles. The van der Waals surface area contributed by atoms with Gasteiger partial charge in [0.05, 0.1) is 23.5 Å². The Morgan fingerprint density at radius 1 is 0.750 bits per heavy atom. The van der Waals surface area contributed by atoms with Gasteiger partial charge in [0.25, 0.3) is 0 Å². The van der Waals surface area contributed by atoms with Crippen LogP contribution in [0.5, 0.6) is 0 Å². The maximum atomic E-state index is 2.55. The molecule has 0 saturated heterocycles. The second-order valence-corrected chi connectivity index (χ2v) is 6.24. The molecule has 1 aromatic carbocycles. The van der Waals surface area contributed by atoms with E-state index in [0.717, 1.165) is 0 Å². The van der Waals surface area contributed by atoms with Gasteiger partial charge in [-0.25, -0.2) is 0 Å². The first kappa shape index (κ1) is 13.3. The lowest BCUT2D eigenvalue weighted by Crippen LogP contribution is -2.59. The summed E-state index contributed by atoms with van der Waals surface area (Å²) in [7, 11) is 0. The zero-order chi connectivity index (χ0) is 14.3. The van der Waals surface area contributed by atoms with Crippen LogP contribution in [0.2, 0.25) is 0 Å². The zero-order valence-corrected chi connectivity index (χ0v) is 12.8. The molecule has 0 fully saturated rings. The average Bonchev–Trinajstić information content (AvgIpc) is 2.43. The maximum absolute atomic E-state index is 2.55. The second-order valence-electron chi connectivity index (χ2n) is 6.24. The predicted octanol–water partition coefficient (Wildman–Crippen LogP) is 3.99. The molecule has 2 aliphatic rings. The van der Waals surface area contributed by atoms with Crippen molar-refractivity contribution in [3.63, 3.8) is 0 Å². The van der Waals surface area contributed by atoms with Gasteiger partial charge in [-0.05, 0) is 39.8 Å². The van der Waals surface area contributed by atoms with Crippen LogP contribution in [-0.2, 0) is 0 Å². The van der Waals surface area contributed by atoms with E-state index in [0.29, 0.717) is 24.2 Å². The molecule has 20 heavy (non-hydrogen) atoms. The van der Waals surface area contributed by atoms with Crippen molar-refractivity contribution in [1.29, 1.82) is 0 Å². The molecule has 0 amide bonds. The molecule has 0 bridgehead atoms. The van der Waals surface area contributed by atoms with E-state index in [1.165, 1.54) is 11.4 Å². The van der Waals surface area contributed by atoms with Crippen molar-refractivity contribution in [3.8, 4) is 0 Å². The van der Waals surface area contributed by atoms with Gasteiger partial charge < -0.3 is 9.80 Å².